The van der Waals surface area contributed by atoms with Crippen LogP contribution in [0.15, 0.2) is 47.4 Å². The summed E-state index contributed by atoms with van der Waals surface area (Å²) < 4.78 is 5.55. The van der Waals surface area contributed by atoms with Gasteiger partial charge in [0, 0.05) is 18.8 Å². The number of carbonyl (C=O) groups is 2. The van der Waals surface area contributed by atoms with Crippen molar-refractivity contribution in [2.75, 3.05) is 13.7 Å². The normalized spacial score (nSPS) is 11.4. The SMILES string of the molecule is CCC(NC(=O)c1ccc[nH]c1=O)c1ccccc1OCC(=O)NC. The zero-order valence-corrected chi connectivity index (χ0v) is 14.2. The van der Waals surface area contributed by atoms with Crippen molar-refractivity contribution in [2.24, 2.45) is 0 Å². The van der Waals surface area contributed by atoms with E-state index in [1.165, 1.54) is 19.3 Å². The number of aromatic nitrogens is 1. The van der Waals surface area contributed by atoms with Gasteiger partial charge in [-0.1, -0.05) is 25.1 Å². The number of para-hydroxylation sites is 1. The fourth-order valence-corrected chi connectivity index (χ4v) is 2.35. The molecule has 1 heterocycles. The molecule has 2 amide bonds. The number of benzene rings is 1. The van der Waals surface area contributed by atoms with Crippen LogP contribution < -0.4 is 20.9 Å². The van der Waals surface area contributed by atoms with Crippen LogP contribution in [-0.2, 0) is 4.79 Å². The molecule has 0 spiro atoms. The maximum atomic E-state index is 12.4. The number of rotatable bonds is 7. The number of amides is 2. The smallest absolute Gasteiger partial charge is 0.260 e. The molecule has 25 heavy (non-hydrogen) atoms. The first kappa shape index (κ1) is 18.3. The molecule has 0 radical (unpaired) electrons. The standard InChI is InChI=1S/C18H21N3O4/c1-3-14(21-18(24)13-8-6-10-20-17(13)23)12-7-4-5-9-15(12)25-11-16(22)19-2/h4-10,14H,3,11H2,1-2H3,(H,19,22)(H,20,23)(H,21,24). The second-order valence-corrected chi connectivity index (χ2v) is 5.35. The summed E-state index contributed by atoms with van der Waals surface area (Å²) in [6, 6.07) is 9.89. The minimum absolute atomic E-state index is 0.0460. The minimum atomic E-state index is -0.463. The first-order valence-electron chi connectivity index (χ1n) is 7.97. The third kappa shape index (κ3) is 4.69. The molecular formula is C18H21N3O4. The lowest BCUT2D eigenvalue weighted by atomic mass is 10.0. The molecule has 0 fully saturated rings. The maximum absolute atomic E-state index is 12.4. The molecule has 0 bridgehead atoms. The lowest BCUT2D eigenvalue weighted by molar-refractivity contribution is -0.122. The fourth-order valence-electron chi connectivity index (χ4n) is 2.35. The van der Waals surface area contributed by atoms with E-state index in [2.05, 4.69) is 15.6 Å². The van der Waals surface area contributed by atoms with Crippen molar-refractivity contribution >= 4 is 11.8 Å². The highest BCUT2D eigenvalue weighted by atomic mass is 16.5. The zero-order chi connectivity index (χ0) is 18.2. The molecule has 132 valence electrons. The molecule has 0 aliphatic heterocycles. The van der Waals surface area contributed by atoms with Gasteiger partial charge in [0.15, 0.2) is 6.61 Å². The highest BCUT2D eigenvalue weighted by molar-refractivity contribution is 5.94. The highest BCUT2D eigenvalue weighted by Gasteiger charge is 2.19. The highest BCUT2D eigenvalue weighted by Crippen LogP contribution is 2.27. The van der Waals surface area contributed by atoms with Crippen LogP contribution in [0.4, 0.5) is 0 Å². The van der Waals surface area contributed by atoms with Crippen molar-refractivity contribution < 1.29 is 14.3 Å². The van der Waals surface area contributed by atoms with Gasteiger partial charge in [-0.25, -0.2) is 0 Å². The molecule has 7 heteroatoms. The van der Waals surface area contributed by atoms with E-state index in [0.717, 1.165) is 5.56 Å². The Hall–Kier alpha value is -3.09. The monoisotopic (exact) mass is 343 g/mol. The van der Waals surface area contributed by atoms with Crippen molar-refractivity contribution in [2.45, 2.75) is 19.4 Å². The summed E-state index contributed by atoms with van der Waals surface area (Å²) in [6.45, 7) is 1.80. The van der Waals surface area contributed by atoms with E-state index in [0.29, 0.717) is 12.2 Å². The topological polar surface area (TPSA) is 100 Å². The molecule has 0 saturated carbocycles. The van der Waals surface area contributed by atoms with Gasteiger partial charge in [0.05, 0.1) is 6.04 Å². The molecule has 7 nitrogen and oxygen atoms in total. The summed E-state index contributed by atoms with van der Waals surface area (Å²) in [5, 5.41) is 5.33. The zero-order valence-electron chi connectivity index (χ0n) is 14.2. The fraction of sp³-hybridized carbons (Fsp3) is 0.278. The predicted octanol–water partition coefficient (Wildman–Crippen LogP) is 1.38. The Morgan fingerprint density at radius 1 is 1.20 bits per heavy atom. The molecular weight excluding hydrogens is 322 g/mol. The number of hydrogen-bond donors (Lipinski definition) is 3. The summed E-state index contributed by atoms with van der Waals surface area (Å²) in [5.41, 5.74) is 0.346. The second-order valence-electron chi connectivity index (χ2n) is 5.35. The van der Waals surface area contributed by atoms with Crippen LogP contribution in [0.25, 0.3) is 0 Å². The van der Waals surface area contributed by atoms with E-state index in [-0.39, 0.29) is 24.1 Å². The number of hydrogen-bond acceptors (Lipinski definition) is 4. The van der Waals surface area contributed by atoms with Crippen molar-refractivity contribution in [3.05, 3.63) is 64.1 Å². The van der Waals surface area contributed by atoms with Gasteiger partial charge in [0.25, 0.3) is 17.4 Å². The third-order valence-corrected chi connectivity index (χ3v) is 3.71. The molecule has 1 atom stereocenters. The quantitative estimate of drug-likeness (QED) is 0.707. The average molecular weight is 343 g/mol. The Balaban J connectivity index is 2.20. The van der Waals surface area contributed by atoms with Crippen molar-refractivity contribution in [1.29, 1.82) is 0 Å². The summed E-state index contributed by atoms with van der Waals surface area (Å²) >= 11 is 0. The number of pyridine rings is 1. The molecule has 1 unspecified atom stereocenters. The Morgan fingerprint density at radius 2 is 1.96 bits per heavy atom. The van der Waals surface area contributed by atoms with E-state index in [4.69, 9.17) is 4.74 Å². The molecule has 2 rings (SSSR count). The van der Waals surface area contributed by atoms with Gasteiger partial charge in [-0.3, -0.25) is 14.4 Å². The van der Waals surface area contributed by atoms with E-state index >= 15 is 0 Å². The van der Waals surface area contributed by atoms with Crippen molar-refractivity contribution in [3.63, 3.8) is 0 Å². The summed E-state index contributed by atoms with van der Waals surface area (Å²) in [5.74, 6) is -0.197. The van der Waals surface area contributed by atoms with Crippen molar-refractivity contribution in [3.8, 4) is 5.75 Å². The van der Waals surface area contributed by atoms with Crippen molar-refractivity contribution in [1.82, 2.24) is 15.6 Å². The van der Waals surface area contributed by atoms with Gasteiger partial charge >= 0.3 is 0 Å². The Kier molecular flexibility index (Phi) is 6.33. The Bertz CT molecular complexity index is 801. The van der Waals surface area contributed by atoms with Gasteiger partial charge in [-0.2, -0.15) is 0 Å². The number of nitrogens with one attached hydrogen (secondary N) is 3. The Morgan fingerprint density at radius 3 is 2.64 bits per heavy atom. The van der Waals surface area contributed by atoms with Crippen LogP contribution in [0.5, 0.6) is 5.75 Å². The lowest BCUT2D eigenvalue weighted by Crippen LogP contribution is -2.32. The van der Waals surface area contributed by atoms with Crippen LogP contribution >= 0.6 is 0 Å². The third-order valence-electron chi connectivity index (χ3n) is 3.71. The molecule has 0 aliphatic rings. The van der Waals surface area contributed by atoms with Crippen LogP contribution in [0, 0.1) is 0 Å². The minimum Gasteiger partial charge on any atom is -0.483 e. The first-order chi connectivity index (χ1) is 12.1. The molecule has 2 aromatic rings. The van der Waals surface area contributed by atoms with Gasteiger partial charge in [-0.05, 0) is 24.6 Å². The van der Waals surface area contributed by atoms with E-state index in [1.54, 1.807) is 18.2 Å². The summed E-state index contributed by atoms with van der Waals surface area (Å²) in [4.78, 5) is 38.0. The molecule has 1 aromatic carbocycles. The van der Waals surface area contributed by atoms with Gasteiger partial charge in [-0.15, -0.1) is 0 Å². The molecule has 1 aromatic heterocycles. The number of likely N-dealkylation sites (N-methyl/N-ethyl adjacent to an activating group) is 1. The summed E-state index contributed by atoms with van der Waals surface area (Å²) in [6.07, 6.45) is 2.06. The average Bonchev–Trinajstić information content (AvgIpc) is 2.64. The second kappa shape index (κ2) is 8.68. The van der Waals surface area contributed by atoms with Gasteiger partial charge < -0.3 is 20.4 Å². The van der Waals surface area contributed by atoms with Crippen LogP contribution in [-0.4, -0.2) is 30.5 Å². The molecule has 0 saturated heterocycles. The van der Waals surface area contributed by atoms with Gasteiger partial charge in [0.1, 0.15) is 11.3 Å². The van der Waals surface area contributed by atoms with Gasteiger partial charge in [0.2, 0.25) is 0 Å². The molecule has 0 aliphatic carbocycles. The summed E-state index contributed by atoms with van der Waals surface area (Å²) in [7, 11) is 1.53. The van der Waals surface area contributed by atoms with Crippen LogP contribution in [0.3, 0.4) is 0 Å². The van der Waals surface area contributed by atoms with E-state index in [9.17, 15) is 14.4 Å². The number of carbonyl (C=O) groups excluding carboxylic acids is 2. The maximum Gasteiger partial charge on any atom is 0.260 e. The number of ether oxygens (including phenoxy) is 1. The van der Waals surface area contributed by atoms with E-state index < -0.39 is 11.5 Å². The lowest BCUT2D eigenvalue weighted by Gasteiger charge is -2.20. The number of H-pyrrole nitrogens is 1. The molecule has 3 N–H and O–H groups in total. The predicted molar refractivity (Wildman–Crippen MR) is 93.6 cm³/mol. The Labute approximate surface area is 145 Å². The van der Waals surface area contributed by atoms with Crippen LogP contribution in [0.1, 0.15) is 35.3 Å². The first-order valence-corrected chi connectivity index (χ1v) is 7.97. The number of aromatic amines is 1. The van der Waals surface area contributed by atoms with Crippen LogP contribution in [0.2, 0.25) is 0 Å². The largest absolute Gasteiger partial charge is 0.483 e. The van der Waals surface area contributed by atoms with E-state index in [1.807, 2.05) is 19.1 Å².